The number of aliphatic hydroxyl groups excluding tert-OH is 1. The van der Waals surface area contributed by atoms with Crippen LogP contribution in [0.25, 0.3) is 0 Å². The highest BCUT2D eigenvalue weighted by atomic mass is 31.2. The number of phosphoric acid groups is 2. The molecule has 0 spiro atoms. The quantitative estimate of drug-likeness (QED) is 0.0222. The first-order chi connectivity index (χ1) is 51.9. The summed E-state index contributed by atoms with van der Waals surface area (Å²) in [6.45, 7) is 9.67. The lowest BCUT2D eigenvalue weighted by Gasteiger charge is -2.21. The molecular weight excluding hydrogens is 1390 g/mol. The molecule has 0 saturated carbocycles. The number of phosphoric ester groups is 2. The van der Waals surface area contributed by atoms with E-state index >= 15 is 0 Å². The molecule has 0 fully saturated rings. The van der Waals surface area contributed by atoms with Gasteiger partial charge in [0, 0.05) is 25.7 Å². The second kappa shape index (κ2) is 79.3. The normalized spacial score (nSPS) is 13.8. The number of unbranched alkanes of at least 4 members (excludes halogenated alkanes) is 57. The number of esters is 4. The van der Waals surface area contributed by atoms with Gasteiger partial charge in [0.2, 0.25) is 0 Å². The first-order valence-electron chi connectivity index (χ1n) is 45.5. The smallest absolute Gasteiger partial charge is 0.462 e. The topological polar surface area (TPSA) is 237 Å². The Morgan fingerprint density at radius 1 is 0.252 bits per heavy atom. The van der Waals surface area contributed by atoms with E-state index in [4.69, 9.17) is 37.0 Å². The lowest BCUT2D eigenvalue weighted by molar-refractivity contribution is -0.161. The lowest BCUT2D eigenvalue weighted by Crippen LogP contribution is -2.30. The molecule has 0 saturated heterocycles. The van der Waals surface area contributed by atoms with Crippen molar-refractivity contribution in [2.45, 2.75) is 490 Å². The molecule has 0 rings (SSSR count). The number of ether oxygens (including phenoxy) is 4. The van der Waals surface area contributed by atoms with E-state index in [0.717, 1.165) is 102 Å². The van der Waals surface area contributed by atoms with E-state index in [0.29, 0.717) is 31.6 Å². The van der Waals surface area contributed by atoms with Crippen molar-refractivity contribution in [1.82, 2.24) is 0 Å². The number of hydrogen-bond donors (Lipinski definition) is 3. The third-order valence-electron chi connectivity index (χ3n) is 20.7. The first-order valence-corrected chi connectivity index (χ1v) is 48.5. The average molecular weight is 1560 g/mol. The minimum Gasteiger partial charge on any atom is -0.462 e. The summed E-state index contributed by atoms with van der Waals surface area (Å²) in [4.78, 5) is 73.3. The molecule has 0 heterocycles. The number of hydrogen-bond acceptors (Lipinski definition) is 15. The molecule has 0 aliphatic carbocycles. The van der Waals surface area contributed by atoms with Crippen molar-refractivity contribution < 1.29 is 80.2 Å². The fraction of sp³-hybridized carbons (Fsp3) is 0.955. The fourth-order valence-corrected chi connectivity index (χ4v) is 15.4. The summed E-state index contributed by atoms with van der Waals surface area (Å²) in [5.74, 6) is -0.575. The fourth-order valence-electron chi connectivity index (χ4n) is 13.8. The number of carbonyl (C=O) groups is 4. The predicted octanol–water partition coefficient (Wildman–Crippen LogP) is 27.0. The molecule has 107 heavy (non-hydrogen) atoms. The van der Waals surface area contributed by atoms with Crippen LogP contribution < -0.4 is 0 Å². The van der Waals surface area contributed by atoms with Gasteiger partial charge >= 0.3 is 39.5 Å². The van der Waals surface area contributed by atoms with Gasteiger partial charge in [-0.15, -0.1) is 0 Å². The lowest BCUT2D eigenvalue weighted by atomic mass is 10.0. The van der Waals surface area contributed by atoms with Crippen LogP contribution in [0.2, 0.25) is 0 Å². The van der Waals surface area contributed by atoms with Crippen LogP contribution in [0.4, 0.5) is 0 Å². The largest absolute Gasteiger partial charge is 0.472 e. The standard InChI is InChI=1S/C88H172O17P2/c1-7-9-11-13-15-17-19-21-23-25-30-34-38-42-46-52-58-64-70-85(90)98-76-83(104-87(92)72-66-61-54-48-44-40-36-32-28-27-29-33-37-41-45-50-56-62-68-80(3)4)78-102-106(94,95)100-74-82(89)75-101-107(96,97)103-79-84(77-99-86(91)71-65-59-55-49-51-57-63-69-81(5)6)105-88(93)73-67-60-53-47-43-39-35-31-26-24-22-20-18-16-14-12-10-8-2/h80-84,89H,7-79H2,1-6H3,(H,94,95)(H,96,97)/t82-,83-,84-/m1/s1. The summed E-state index contributed by atoms with van der Waals surface area (Å²) in [7, 11) is -9.93. The van der Waals surface area contributed by atoms with Crippen molar-refractivity contribution in [2.75, 3.05) is 39.6 Å². The summed E-state index contributed by atoms with van der Waals surface area (Å²) in [5.41, 5.74) is 0. The Morgan fingerprint density at radius 3 is 0.636 bits per heavy atom. The molecule has 19 heteroatoms. The molecule has 0 radical (unpaired) electrons. The monoisotopic (exact) mass is 1560 g/mol. The SMILES string of the molecule is CCCCCCCCCCCCCCCCCCCCC(=O)OC[C@H](COP(=O)(O)OC[C@@H](O)COP(=O)(O)OC[C@@H](COC(=O)CCCCCCCCCC(C)C)OC(=O)CCCCCCCCCCCCCCCCCCCC)OC(=O)CCCCCCCCCCCCCCCCCCCCC(C)C. The van der Waals surface area contributed by atoms with E-state index in [1.54, 1.807) is 0 Å². The van der Waals surface area contributed by atoms with E-state index in [2.05, 4.69) is 41.5 Å². The van der Waals surface area contributed by atoms with Crippen molar-refractivity contribution in [2.24, 2.45) is 11.8 Å². The van der Waals surface area contributed by atoms with Gasteiger partial charge in [0.1, 0.15) is 19.3 Å². The van der Waals surface area contributed by atoms with Gasteiger partial charge in [0.25, 0.3) is 0 Å². The van der Waals surface area contributed by atoms with Gasteiger partial charge in [-0.2, -0.15) is 0 Å². The van der Waals surface area contributed by atoms with Gasteiger partial charge in [-0.25, -0.2) is 9.13 Å². The highest BCUT2D eigenvalue weighted by Crippen LogP contribution is 2.45. The highest BCUT2D eigenvalue weighted by molar-refractivity contribution is 7.47. The van der Waals surface area contributed by atoms with Gasteiger partial charge in [0.05, 0.1) is 26.4 Å². The summed E-state index contributed by atoms with van der Waals surface area (Å²) in [5, 5.41) is 10.7. The predicted molar refractivity (Wildman–Crippen MR) is 442 cm³/mol. The van der Waals surface area contributed by atoms with Gasteiger partial charge < -0.3 is 33.8 Å². The third kappa shape index (κ3) is 81.9. The summed E-state index contributed by atoms with van der Waals surface area (Å²) in [6.07, 6.45) is 72.4. The Bertz CT molecular complexity index is 2050. The molecule has 17 nitrogen and oxygen atoms in total. The maximum atomic E-state index is 13.2. The Morgan fingerprint density at radius 2 is 0.430 bits per heavy atom. The molecule has 0 bridgehead atoms. The summed E-state index contributed by atoms with van der Waals surface area (Å²) >= 11 is 0. The van der Waals surface area contributed by atoms with E-state index in [-0.39, 0.29) is 25.7 Å². The molecule has 2 unspecified atom stereocenters. The molecule has 0 aromatic carbocycles. The second-order valence-electron chi connectivity index (χ2n) is 32.6. The Balaban J connectivity index is 5.22. The minimum absolute atomic E-state index is 0.108. The van der Waals surface area contributed by atoms with Crippen LogP contribution in [-0.4, -0.2) is 96.7 Å². The number of carbonyl (C=O) groups excluding carboxylic acids is 4. The van der Waals surface area contributed by atoms with Gasteiger partial charge in [-0.05, 0) is 37.5 Å². The highest BCUT2D eigenvalue weighted by Gasteiger charge is 2.30. The average Bonchev–Trinajstić information content (AvgIpc) is 0.901. The zero-order valence-corrected chi connectivity index (χ0v) is 72.2. The zero-order valence-electron chi connectivity index (χ0n) is 70.5. The van der Waals surface area contributed by atoms with Crippen LogP contribution in [-0.2, 0) is 65.4 Å². The Kier molecular flexibility index (Phi) is 77.9. The van der Waals surface area contributed by atoms with Crippen LogP contribution >= 0.6 is 15.6 Å². The molecule has 5 atom stereocenters. The maximum absolute atomic E-state index is 13.2. The Hall–Kier alpha value is -1.94. The number of rotatable bonds is 87. The van der Waals surface area contributed by atoms with Gasteiger partial charge in [-0.1, -0.05) is 420 Å². The molecule has 0 amide bonds. The van der Waals surface area contributed by atoms with Gasteiger partial charge in [0.15, 0.2) is 12.2 Å². The van der Waals surface area contributed by atoms with Crippen LogP contribution in [0.3, 0.4) is 0 Å². The van der Waals surface area contributed by atoms with Crippen molar-refractivity contribution in [3.63, 3.8) is 0 Å². The molecule has 636 valence electrons. The third-order valence-corrected chi connectivity index (χ3v) is 22.6. The maximum Gasteiger partial charge on any atom is 0.472 e. The molecule has 0 aromatic rings. The minimum atomic E-state index is -4.97. The Labute approximate surface area is 658 Å². The zero-order chi connectivity index (χ0) is 78.5. The van der Waals surface area contributed by atoms with Crippen molar-refractivity contribution in [3.8, 4) is 0 Å². The van der Waals surface area contributed by atoms with E-state index in [1.165, 1.54) is 283 Å². The molecular formula is C88H172O17P2. The van der Waals surface area contributed by atoms with E-state index in [1.807, 2.05) is 0 Å². The second-order valence-corrected chi connectivity index (χ2v) is 35.5. The molecule has 3 N–H and O–H groups in total. The first kappa shape index (κ1) is 105. The summed E-state index contributed by atoms with van der Waals surface area (Å²) in [6, 6.07) is 0. The van der Waals surface area contributed by atoms with Crippen molar-refractivity contribution >= 4 is 39.5 Å². The molecule has 0 aliphatic heterocycles. The van der Waals surface area contributed by atoms with Crippen molar-refractivity contribution in [1.29, 1.82) is 0 Å². The summed E-state index contributed by atoms with van der Waals surface area (Å²) < 4.78 is 68.9. The van der Waals surface area contributed by atoms with Crippen LogP contribution in [0, 0.1) is 11.8 Å². The van der Waals surface area contributed by atoms with Crippen LogP contribution in [0.1, 0.15) is 472 Å². The van der Waals surface area contributed by atoms with Crippen LogP contribution in [0.5, 0.6) is 0 Å². The van der Waals surface area contributed by atoms with Gasteiger partial charge in [-0.3, -0.25) is 37.3 Å². The van der Waals surface area contributed by atoms with E-state index in [9.17, 15) is 43.2 Å². The molecule has 0 aromatic heterocycles. The number of aliphatic hydroxyl groups is 1. The van der Waals surface area contributed by atoms with Crippen molar-refractivity contribution in [3.05, 3.63) is 0 Å². The van der Waals surface area contributed by atoms with Crippen LogP contribution in [0.15, 0.2) is 0 Å². The van der Waals surface area contributed by atoms with E-state index < -0.39 is 97.5 Å². The molecule has 0 aliphatic rings.